The maximum atomic E-state index is 6.29. The van der Waals surface area contributed by atoms with Crippen LogP contribution in [0, 0.1) is 0 Å². The first-order chi connectivity index (χ1) is 18.8. The summed E-state index contributed by atoms with van der Waals surface area (Å²) < 4.78 is 25.1. The van der Waals surface area contributed by atoms with Crippen LogP contribution in [-0.2, 0) is 18.6 Å². The minimum absolute atomic E-state index is 0.349. The Morgan fingerprint density at radius 3 is 1.18 bits per heavy atom. The second-order valence-electron chi connectivity index (χ2n) is 13.6. The van der Waals surface area contributed by atoms with Gasteiger partial charge in [-0.3, -0.25) is 0 Å². The van der Waals surface area contributed by atoms with Gasteiger partial charge in [-0.1, -0.05) is 69.7 Å². The third kappa shape index (κ3) is 6.81. The van der Waals surface area contributed by atoms with Crippen LogP contribution in [0.1, 0.15) is 107 Å². The molecule has 2 aromatic carbocycles. The third-order valence-corrected chi connectivity index (χ3v) is 9.45. The first-order valence-electron chi connectivity index (χ1n) is 15.4. The van der Waals surface area contributed by atoms with Crippen molar-refractivity contribution in [2.75, 3.05) is 11.4 Å². The zero-order valence-corrected chi connectivity index (χ0v) is 26.5. The molecule has 2 aliphatic rings. The second-order valence-corrected chi connectivity index (χ2v) is 13.6. The van der Waals surface area contributed by atoms with Crippen LogP contribution < -0.4 is 15.8 Å². The number of rotatable bonds is 12. The Bertz CT molecular complexity index is 987. The molecule has 0 amide bonds. The Hall–Kier alpha value is -1.79. The van der Waals surface area contributed by atoms with Crippen LogP contribution in [0.2, 0.25) is 0 Å². The number of hydrogen-bond acceptors (Lipinski definition) is 5. The van der Waals surface area contributed by atoms with Crippen molar-refractivity contribution in [3.05, 3.63) is 48.5 Å². The summed E-state index contributed by atoms with van der Waals surface area (Å²) >= 11 is 0. The molecule has 0 unspecified atom stereocenters. The average Bonchev–Trinajstić information content (AvgIpc) is 3.25. The number of benzene rings is 2. The lowest BCUT2D eigenvalue weighted by Gasteiger charge is -2.32. The van der Waals surface area contributed by atoms with E-state index < -0.39 is 0 Å². The lowest BCUT2D eigenvalue weighted by Crippen LogP contribution is -2.41. The largest absolute Gasteiger partial charge is 0.494 e. The first-order valence-corrected chi connectivity index (χ1v) is 15.4. The van der Waals surface area contributed by atoms with Crippen LogP contribution in [-0.4, -0.2) is 43.2 Å². The smallest absolute Gasteiger partial charge is 0.399 e. The molecule has 2 fully saturated rings. The van der Waals surface area contributed by atoms with Crippen LogP contribution in [0.4, 0.5) is 11.4 Å². The van der Waals surface area contributed by atoms with Crippen molar-refractivity contribution in [3.63, 3.8) is 0 Å². The third-order valence-electron chi connectivity index (χ3n) is 9.45. The summed E-state index contributed by atoms with van der Waals surface area (Å²) in [6, 6.07) is 17.4. The van der Waals surface area contributed by atoms with E-state index in [2.05, 4.69) is 116 Å². The molecule has 218 valence electrons. The Labute approximate surface area is 244 Å². The van der Waals surface area contributed by atoms with E-state index >= 15 is 0 Å². The molecule has 4 rings (SSSR count). The summed E-state index contributed by atoms with van der Waals surface area (Å²) in [4.78, 5) is 2.42. The fourth-order valence-electron chi connectivity index (χ4n) is 5.22. The molecule has 0 atom stereocenters. The normalized spacial score (nSPS) is 20.7. The van der Waals surface area contributed by atoms with Crippen molar-refractivity contribution in [2.24, 2.45) is 0 Å². The highest BCUT2D eigenvalue weighted by molar-refractivity contribution is 6.62. The van der Waals surface area contributed by atoms with Crippen LogP contribution in [0.25, 0.3) is 0 Å². The molecule has 0 aromatic heterocycles. The van der Waals surface area contributed by atoms with Gasteiger partial charge in [0.25, 0.3) is 0 Å². The van der Waals surface area contributed by atoms with E-state index in [1.807, 2.05) is 0 Å². The van der Waals surface area contributed by atoms with E-state index in [0.717, 1.165) is 23.9 Å². The molecule has 5 nitrogen and oxygen atoms in total. The summed E-state index contributed by atoms with van der Waals surface area (Å²) in [5.41, 5.74) is 3.06. The molecule has 2 saturated heterocycles. The molecule has 40 heavy (non-hydrogen) atoms. The molecular formula is C33H51B2NO4. The standard InChI is InChI=1S/C33H51B2NO4/c1-10-11-12-13-14-15-16-25-36(28-21-17-26(18-22-28)34-37-30(2,3)31(4,5)38-34)29-23-19-27(20-24-29)35-39-32(6,7)33(8,9)40-35/h17-24H,10-16,25H2,1-9H3. The molecule has 2 heterocycles. The Kier molecular flexibility index (Phi) is 9.51. The number of unbranched alkanes of at least 4 members (excludes halogenated alkanes) is 6. The van der Waals surface area contributed by atoms with Crippen molar-refractivity contribution >= 4 is 36.5 Å². The number of nitrogens with zero attached hydrogens (tertiary/aromatic N) is 1. The van der Waals surface area contributed by atoms with Crippen LogP contribution in [0.5, 0.6) is 0 Å². The summed E-state index contributed by atoms with van der Waals surface area (Å²) in [5, 5.41) is 0. The van der Waals surface area contributed by atoms with Gasteiger partial charge in [-0.15, -0.1) is 0 Å². The van der Waals surface area contributed by atoms with E-state index in [0.29, 0.717) is 0 Å². The van der Waals surface area contributed by atoms with E-state index in [4.69, 9.17) is 18.6 Å². The van der Waals surface area contributed by atoms with Crippen molar-refractivity contribution in [1.29, 1.82) is 0 Å². The molecule has 0 aliphatic carbocycles. The van der Waals surface area contributed by atoms with Crippen LogP contribution in [0.3, 0.4) is 0 Å². The van der Waals surface area contributed by atoms with Crippen molar-refractivity contribution in [3.8, 4) is 0 Å². The fraction of sp³-hybridized carbons (Fsp3) is 0.636. The van der Waals surface area contributed by atoms with Gasteiger partial charge in [0, 0.05) is 17.9 Å². The monoisotopic (exact) mass is 547 g/mol. The lowest BCUT2D eigenvalue weighted by atomic mass is 9.79. The summed E-state index contributed by atoms with van der Waals surface area (Å²) in [6.07, 6.45) is 9.02. The van der Waals surface area contributed by atoms with Gasteiger partial charge in [-0.2, -0.15) is 0 Å². The van der Waals surface area contributed by atoms with Gasteiger partial charge in [-0.25, -0.2) is 0 Å². The minimum Gasteiger partial charge on any atom is -0.399 e. The quantitative estimate of drug-likeness (QED) is 0.208. The minimum atomic E-state index is -0.352. The molecule has 0 bridgehead atoms. The maximum Gasteiger partial charge on any atom is 0.494 e. The van der Waals surface area contributed by atoms with E-state index in [9.17, 15) is 0 Å². The lowest BCUT2D eigenvalue weighted by molar-refractivity contribution is 0.00578. The van der Waals surface area contributed by atoms with Crippen LogP contribution >= 0.6 is 0 Å². The SMILES string of the molecule is CCCCCCCCCN(c1ccc(B2OC(C)(C)C(C)(C)O2)cc1)c1ccc(B2OC(C)(C)C(C)(C)O2)cc1. The predicted octanol–water partition coefficient (Wildman–Crippen LogP) is 7.17. The summed E-state index contributed by atoms with van der Waals surface area (Å²) in [5.74, 6) is 0. The Morgan fingerprint density at radius 2 is 0.825 bits per heavy atom. The van der Waals surface area contributed by atoms with Crippen molar-refractivity contribution in [1.82, 2.24) is 0 Å². The summed E-state index contributed by atoms with van der Waals surface area (Å²) in [7, 11) is -0.704. The number of hydrogen-bond donors (Lipinski definition) is 0. The molecule has 2 aromatic rings. The molecule has 0 N–H and O–H groups in total. The van der Waals surface area contributed by atoms with Crippen molar-refractivity contribution < 1.29 is 18.6 Å². The molecule has 7 heteroatoms. The zero-order valence-electron chi connectivity index (χ0n) is 26.5. The van der Waals surface area contributed by atoms with E-state index in [-0.39, 0.29) is 36.6 Å². The van der Waals surface area contributed by atoms with E-state index in [1.54, 1.807) is 0 Å². The molecule has 0 radical (unpaired) electrons. The van der Waals surface area contributed by atoms with Gasteiger partial charge >= 0.3 is 14.2 Å². The second kappa shape index (κ2) is 12.2. The predicted molar refractivity (Wildman–Crippen MR) is 169 cm³/mol. The average molecular weight is 547 g/mol. The highest BCUT2D eigenvalue weighted by atomic mass is 16.7. The van der Waals surface area contributed by atoms with Gasteiger partial charge in [0.2, 0.25) is 0 Å². The molecule has 0 spiro atoms. The maximum absolute atomic E-state index is 6.29. The van der Waals surface area contributed by atoms with E-state index in [1.165, 1.54) is 49.9 Å². The first kappa shape index (κ1) is 31.2. The van der Waals surface area contributed by atoms with Crippen LogP contribution in [0.15, 0.2) is 48.5 Å². The van der Waals surface area contributed by atoms with Gasteiger partial charge < -0.3 is 23.5 Å². The highest BCUT2D eigenvalue weighted by Crippen LogP contribution is 2.38. The van der Waals surface area contributed by atoms with Gasteiger partial charge in [0.1, 0.15) is 0 Å². The van der Waals surface area contributed by atoms with Gasteiger partial charge in [0.05, 0.1) is 22.4 Å². The Balaban J connectivity index is 1.49. The summed E-state index contributed by atoms with van der Waals surface area (Å²) in [6.45, 7) is 20.0. The van der Waals surface area contributed by atoms with Gasteiger partial charge in [-0.05, 0) is 97.0 Å². The fourth-order valence-corrected chi connectivity index (χ4v) is 5.22. The topological polar surface area (TPSA) is 40.2 Å². The molecule has 2 aliphatic heterocycles. The zero-order chi connectivity index (χ0) is 29.2. The number of anilines is 2. The molecular weight excluding hydrogens is 496 g/mol. The Morgan fingerprint density at radius 1 is 0.500 bits per heavy atom. The highest BCUT2D eigenvalue weighted by Gasteiger charge is 2.52. The molecule has 0 saturated carbocycles. The van der Waals surface area contributed by atoms with Gasteiger partial charge in [0.15, 0.2) is 0 Å². The van der Waals surface area contributed by atoms with Crippen molar-refractivity contribution in [2.45, 2.75) is 130 Å².